The molecule has 0 bridgehead atoms. The molecule has 11 heavy (non-hydrogen) atoms. The maximum Gasteiger partial charge on any atom is 0.0823 e. The van der Waals surface area contributed by atoms with E-state index in [4.69, 9.17) is 4.84 Å². The molecule has 0 radical (unpaired) electrons. The van der Waals surface area contributed by atoms with E-state index >= 15 is 0 Å². The molecule has 2 N–H and O–H groups in total. The van der Waals surface area contributed by atoms with Gasteiger partial charge < -0.3 is 9.94 Å². The van der Waals surface area contributed by atoms with Gasteiger partial charge in [-0.05, 0) is 19.3 Å². The first-order chi connectivity index (χ1) is 5.31. The first kappa shape index (κ1) is 7.53. The van der Waals surface area contributed by atoms with Gasteiger partial charge in [0.05, 0.1) is 18.2 Å². The minimum atomic E-state index is -0.462. The Kier molecular flexibility index (Phi) is 1.87. The maximum atomic E-state index is 10.0. The van der Waals surface area contributed by atoms with Crippen molar-refractivity contribution in [3.63, 3.8) is 0 Å². The summed E-state index contributed by atoms with van der Waals surface area (Å²) in [6.07, 6.45) is 5.15. The van der Waals surface area contributed by atoms with Crippen LogP contribution in [0.1, 0.15) is 32.1 Å². The summed E-state index contributed by atoms with van der Waals surface area (Å²) >= 11 is 0. The Morgan fingerprint density at radius 2 is 2.09 bits per heavy atom. The molecule has 64 valence electrons. The molecule has 2 fully saturated rings. The Bertz CT molecular complexity index is 137. The van der Waals surface area contributed by atoms with Crippen LogP contribution in [0.3, 0.4) is 0 Å². The second kappa shape index (κ2) is 2.73. The predicted molar refractivity (Wildman–Crippen MR) is 40.9 cm³/mol. The molecule has 1 aliphatic carbocycles. The standard InChI is InChI=1S/C8H15NO2/c10-8(4-1-2-5-8)7-3-6-11-9-7/h7,9-10H,1-6H2/t7-/m0/s1. The SMILES string of the molecule is OC1([C@@H]2CCON2)CCCC1. The highest BCUT2D eigenvalue weighted by atomic mass is 16.7. The van der Waals surface area contributed by atoms with E-state index in [2.05, 4.69) is 5.48 Å². The molecule has 3 heteroatoms. The first-order valence-electron chi connectivity index (χ1n) is 4.41. The highest BCUT2D eigenvalue weighted by Gasteiger charge is 2.41. The largest absolute Gasteiger partial charge is 0.388 e. The minimum absolute atomic E-state index is 0.185. The molecular formula is C8H15NO2. The smallest absolute Gasteiger partial charge is 0.0823 e. The molecule has 2 rings (SSSR count). The summed E-state index contributed by atoms with van der Waals surface area (Å²) in [5, 5.41) is 10.0. The summed E-state index contributed by atoms with van der Waals surface area (Å²) in [6.45, 7) is 0.743. The van der Waals surface area contributed by atoms with Crippen LogP contribution in [-0.2, 0) is 4.84 Å². The molecule has 0 aromatic rings. The van der Waals surface area contributed by atoms with Crippen molar-refractivity contribution in [3.05, 3.63) is 0 Å². The Balaban J connectivity index is 2.00. The number of hydroxylamine groups is 1. The van der Waals surface area contributed by atoms with Crippen molar-refractivity contribution in [3.8, 4) is 0 Å². The van der Waals surface area contributed by atoms with Crippen LogP contribution in [0.2, 0.25) is 0 Å². The minimum Gasteiger partial charge on any atom is -0.388 e. The molecule has 1 saturated heterocycles. The number of aliphatic hydroxyl groups is 1. The van der Waals surface area contributed by atoms with Gasteiger partial charge in [0, 0.05) is 0 Å². The van der Waals surface area contributed by atoms with Gasteiger partial charge in [0.1, 0.15) is 0 Å². The molecule has 1 saturated carbocycles. The van der Waals surface area contributed by atoms with Crippen LogP contribution < -0.4 is 5.48 Å². The van der Waals surface area contributed by atoms with Gasteiger partial charge in [-0.25, -0.2) is 0 Å². The molecule has 1 atom stereocenters. The van der Waals surface area contributed by atoms with Gasteiger partial charge in [0.2, 0.25) is 0 Å². The van der Waals surface area contributed by atoms with E-state index in [1.807, 2.05) is 0 Å². The normalized spacial score (nSPS) is 36.3. The van der Waals surface area contributed by atoms with Crippen LogP contribution in [0.5, 0.6) is 0 Å². The zero-order chi connectivity index (χ0) is 7.73. The molecule has 0 unspecified atom stereocenters. The third-order valence-electron chi connectivity index (χ3n) is 2.85. The topological polar surface area (TPSA) is 41.5 Å². The molecule has 0 aromatic carbocycles. The molecule has 0 amide bonds. The lowest BCUT2D eigenvalue weighted by atomic mass is 9.91. The molecular weight excluding hydrogens is 142 g/mol. The lowest BCUT2D eigenvalue weighted by Gasteiger charge is -2.27. The fourth-order valence-corrected chi connectivity index (χ4v) is 2.11. The van der Waals surface area contributed by atoms with Crippen molar-refractivity contribution in [2.75, 3.05) is 6.61 Å². The van der Waals surface area contributed by atoms with Crippen molar-refractivity contribution in [1.29, 1.82) is 0 Å². The van der Waals surface area contributed by atoms with Gasteiger partial charge >= 0.3 is 0 Å². The van der Waals surface area contributed by atoms with Crippen molar-refractivity contribution in [1.82, 2.24) is 5.48 Å². The van der Waals surface area contributed by atoms with E-state index in [9.17, 15) is 5.11 Å². The van der Waals surface area contributed by atoms with Crippen molar-refractivity contribution in [2.24, 2.45) is 0 Å². The summed E-state index contributed by atoms with van der Waals surface area (Å²) in [7, 11) is 0. The molecule has 2 aliphatic rings. The Morgan fingerprint density at radius 1 is 1.36 bits per heavy atom. The van der Waals surface area contributed by atoms with E-state index in [0.29, 0.717) is 0 Å². The summed E-state index contributed by atoms with van der Waals surface area (Å²) in [5.41, 5.74) is 2.43. The van der Waals surface area contributed by atoms with Gasteiger partial charge in [0.15, 0.2) is 0 Å². The highest BCUT2D eigenvalue weighted by molar-refractivity contribution is 4.95. The Morgan fingerprint density at radius 3 is 2.64 bits per heavy atom. The van der Waals surface area contributed by atoms with Gasteiger partial charge in [0.25, 0.3) is 0 Å². The second-order valence-electron chi connectivity index (χ2n) is 3.62. The van der Waals surface area contributed by atoms with Crippen LogP contribution in [0.25, 0.3) is 0 Å². The molecule has 1 aliphatic heterocycles. The lowest BCUT2D eigenvalue weighted by molar-refractivity contribution is -0.0209. The number of hydrogen-bond donors (Lipinski definition) is 2. The fraction of sp³-hybridized carbons (Fsp3) is 1.00. The van der Waals surface area contributed by atoms with Gasteiger partial charge in [-0.2, -0.15) is 5.48 Å². The van der Waals surface area contributed by atoms with Crippen molar-refractivity contribution >= 4 is 0 Å². The van der Waals surface area contributed by atoms with E-state index in [1.165, 1.54) is 0 Å². The van der Waals surface area contributed by atoms with E-state index in [1.54, 1.807) is 0 Å². The number of hydrogen-bond acceptors (Lipinski definition) is 3. The lowest BCUT2D eigenvalue weighted by Crippen LogP contribution is -2.45. The summed E-state index contributed by atoms with van der Waals surface area (Å²) in [5.74, 6) is 0. The van der Waals surface area contributed by atoms with E-state index in [-0.39, 0.29) is 6.04 Å². The fourth-order valence-electron chi connectivity index (χ4n) is 2.11. The number of rotatable bonds is 1. The average Bonchev–Trinajstić information content (AvgIpc) is 2.55. The molecule has 0 spiro atoms. The number of nitrogens with one attached hydrogen (secondary N) is 1. The monoisotopic (exact) mass is 157 g/mol. The van der Waals surface area contributed by atoms with Gasteiger partial charge in [-0.1, -0.05) is 12.8 Å². The van der Waals surface area contributed by atoms with Gasteiger partial charge in [-0.3, -0.25) is 0 Å². The van der Waals surface area contributed by atoms with Gasteiger partial charge in [-0.15, -0.1) is 0 Å². The summed E-state index contributed by atoms with van der Waals surface area (Å²) < 4.78 is 0. The van der Waals surface area contributed by atoms with Crippen LogP contribution in [0.4, 0.5) is 0 Å². The van der Waals surface area contributed by atoms with Crippen LogP contribution in [0, 0.1) is 0 Å². The van der Waals surface area contributed by atoms with Crippen LogP contribution in [0.15, 0.2) is 0 Å². The highest BCUT2D eigenvalue weighted by Crippen LogP contribution is 2.34. The van der Waals surface area contributed by atoms with Crippen molar-refractivity contribution in [2.45, 2.75) is 43.7 Å². The molecule has 3 nitrogen and oxygen atoms in total. The summed E-state index contributed by atoms with van der Waals surface area (Å²) in [4.78, 5) is 5.02. The Labute approximate surface area is 66.7 Å². The van der Waals surface area contributed by atoms with Crippen LogP contribution in [-0.4, -0.2) is 23.4 Å². The maximum absolute atomic E-state index is 10.0. The van der Waals surface area contributed by atoms with Crippen molar-refractivity contribution < 1.29 is 9.94 Å². The molecule has 1 heterocycles. The first-order valence-corrected chi connectivity index (χ1v) is 4.41. The Hall–Kier alpha value is -0.120. The second-order valence-corrected chi connectivity index (χ2v) is 3.62. The zero-order valence-electron chi connectivity index (χ0n) is 6.68. The predicted octanol–water partition coefficient (Wildman–Crippen LogP) is 0.585. The third kappa shape index (κ3) is 1.28. The van der Waals surface area contributed by atoms with E-state index in [0.717, 1.165) is 38.7 Å². The quantitative estimate of drug-likeness (QED) is 0.585. The zero-order valence-corrected chi connectivity index (χ0v) is 6.68. The van der Waals surface area contributed by atoms with Crippen LogP contribution >= 0.6 is 0 Å². The summed E-state index contributed by atoms with van der Waals surface area (Å²) in [6, 6.07) is 0.185. The van der Waals surface area contributed by atoms with E-state index < -0.39 is 5.60 Å². The third-order valence-corrected chi connectivity index (χ3v) is 2.85. The average molecular weight is 157 g/mol. The molecule has 0 aromatic heterocycles.